The zero-order chi connectivity index (χ0) is 10.3. The molecule has 1 N–H and O–H groups in total. The van der Waals surface area contributed by atoms with Gasteiger partial charge < -0.3 is 10.2 Å². The van der Waals surface area contributed by atoms with E-state index in [2.05, 4.69) is 5.32 Å². The number of hydrogen-bond donors (Lipinski definition) is 1. The number of carbonyl (C=O) groups is 1. The molecule has 0 radical (unpaired) electrons. The van der Waals surface area contributed by atoms with Gasteiger partial charge in [0, 0.05) is 31.1 Å². The molecule has 2 unspecified atom stereocenters. The van der Waals surface area contributed by atoms with E-state index in [0.717, 1.165) is 19.6 Å². The van der Waals surface area contributed by atoms with Crippen molar-refractivity contribution in [3.05, 3.63) is 0 Å². The van der Waals surface area contributed by atoms with Crippen LogP contribution in [0.4, 0.5) is 0 Å². The lowest BCUT2D eigenvalue weighted by atomic mass is 9.91. The van der Waals surface area contributed by atoms with Gasteiger partial charge in [-0.3, -0.25) is 4.79 Å². The topological polar surface area (TPSA) is 32.3 Å². The van der Waals surface area contributed by atoms with E-state index in [0.29, 0.717) is 17.9 Å². The van der Waals surface area contributed by atoms with Gasteiger partial charge in [-0.25, -0.2) is 0 Å². The molecule has 2 saturated heterocycles. The molecule has 14 heavy (non-hydrogen) atoms. The number of piperidine rings is 1. The van der Waals surface area contributed by atoms with E-state index in [4.69, 9.17) is 0 Å². The number of likely N-dealkylation sites (tertiary alicyclic amines) is 1. The summed E-state index contributed by atoms with van der Waals surface area (Å²) < 4.78 is 0. The van der Waals surface area contributed by atoms with Gasteiger partial charge in [0.25, 0.3) is 0 Å². The van der Waals surface area contributed by atoms with Gasteiger partial charge in [-0.2, -0.15) is 0 Å². The van der Waals surface area contributed by atoms with Crippen molar-refractivity contribution >= 4 is 5.91 Å². The first-order chi connectivity index (χ1) is 6.47. The largest absolute Gasteiger partial charge is 0.340 e. The molecule has 2 aliphatic rings. The summed E-state index contributed by atoms with van der Waals surface area (Å²) in [4.78, 5) is 14.1. The van der Waals surface area contributed by atoms with Gasteiger partial charge in [0.1, 0.15) is 0 Å². The summed E-state index contributed by atoms with van der Waals surface area (Å²) in [5.41, 5.74) is -0.225. The molecular formula is C11H20N2O. The number of carbonyl (C=O) groups excluding carboxylic acids is 1. The number of rotatable bonds is 0. The number of nitrogens with one attached hydrogen (secondary N) is 1. The standard InChI is InChI=1S/C11H20N2O/c1-11(2,3)10(14)13-6-8-4-9(7-13)12-5-8/h8-9,12H,4-7H2,1-3H3. The van der Waals surface area contributed by atoms with Gasteiger partial charge in [-0.1, -0.05) is 20.8 Å². The van der Waals surface area contributed by atoms with Crippen LogP contribution in [0.15, 0.2) is 0 Å². The van der Waals surface area contributed by atoms with Crippen molar-refractivity contribution in [3.8, 4) is 0 Å². The summed E-state index contributed by atoms with van der Waals surface area (Å²) in [7, 11) is 0. The third kappa shape index (κ3) is 1.78. The van der Waals surface area contributed by atoms with Crippen molar-refractivity contribution in [3.63, 3.8) is 0 Å². The van der Waals surface area contributed by atoms with Crippen molar-refractivity contribution in [1.82, 2.24) is 10.2 Å². The van der Waals surface area contributed by atoms with Crippen LogP contribution in [-0.4, -0.2) is 36.5 Å². The normalized spacial score (nSPS) is 32.1. The van der Waals surface area contributed by atoms with Crippen molar-refractivity contribution in [2.24, 2.45) is 11.3 Å². The third-order valence-electron chi connectivity index (χ3n) is 3.16. The summed E-state index contributed by atoms with van der Waals surface area (Å²) in [6.07, 6.45) is 1.26. The highest BCUT2D eigenvalue weighted by molar-refractivity contribution is 5.81. The van der Waals surface area contributed by atoms with E-state index in [-0.39, 0.29) is 5.41 Å². The highest BCUT2D eigenvalue weighted by atomic mass is 16.2. The van der Waals surface area contributed by atoms with Crippen LogP contribution in [0.5, 0.6) is 0 Å². The van der Waals surface area contributed by atoms with Crippen LogP contribution in [0, 0.1) is 11.3 Å². The first-order valence-corrected chi connectivity index (χ1v) is 5.49. The van der Waals surface area contributed by atoms with E-state index in [9.17, 15) is 4.79 Å². The predicted octanol–water partition coefficient (Wildman–Crippen LogP) is 0.853. The van der Waals surface area contributed by atoms with Crippen molar-refractivity contribution in [2.75, 3.05) is 19.6 Å². The summed E-state index contributed by atoms with van der Waals surface area (Å²) in [5, 5.41) is 3.46. The fraction of sp³-hybridized carbons (Fsp3) is 0.909. The van der Waals surface area contributed by atoms with Crippen molar-refractivity contribution in [1.29, 1.82) is 0 Å². The monoisotopic (exact) mass is 196 g/mol. The molecule has 2 heterocycles. The third-order valence-corrected chi connectivity index (χ3v) is 3.16. The summed E-state index contributed by atoms with van der Waals surface area (Å²) >= 11 is 0. The van der Waals surface area contributed by atoms with E-state index in [1.807, 2.05) is 25.7 Å². The zero-order valence-electron chi connectivity index (χ0n) is 9.34. The predicted molar refractivity (Wildman–Crippen MR) is 55.9 cm³/mol. The van der Waals surface area contributed by atoms with Crippen molar-refractivity contribution < 1.29 is 4.79 Å². The van der Waals surface area contributed by atoms with Crippen LogP contribution in [0.25, 0.3) is 0 Å². The first-order valence-electron chi connectivity index (χ1n) is 5.49. The van der Waals surface area contributed by atoms with Crippen molar-refractivity contribution in [2.45, 2.75) is 33.2 Å². The van der Waals surface area contributed by atoms with Crippen LogP contribution in [0.2, 0.25) is 0 Å². The van der Waals surface area contributed by atoms with Gasteiger partial charge in [0.2, 0.25) is 5.91 Å². The molecule has 2 atom stereocenters. The second-order valence-electron chi connectivity index (χ2n) is 5.67. The first kappa shape index (κ1) is 9.97. The van der Waals surface area contributed by atoms with E-state index in [1.165, 1.54) is 6.42 Å². The summed E-state index contributed by atoms with van der Waals surface area (Å²) in [6.45, 7) is 8.96. The Labute approximate surface area is 85.8 Å². The second-order valence-corrected chi connectivity index (χ2v) is 5.67. The van der Waals surface area contributed by atoms with Crippen LogP contribution in [0.1, 0.15) is 27.2 Å². The Bertz CT molecular complexity index is 232. The molecule has 80 valence electrons. The molecule has 0 aromatic rings. The van der Waals surface area contributed by atoms with Gasteiger partial charge >= 0.3 is 0 Å². The molecule has 2 bridgehead atoms. The Morgan fingerprint density at radius 3 is 2.64 bits per heavy atom. The molecule has 0 spiro atoms. The maximum Gasteiger partial charge on any atom is 0.228 e. The highest BCUT2D eigenvalue weighted by Crippen LogP contribution is 2.26. The van der Waals surface area contributed by atoms with Gasteiger partial charge in [0.05, 0.1) is 0 Å². The Balaban J connectivity index is 2.03. The quantitative estimate of drug-likeness (QED) is 0.623. The Morgan fingerprint density at radius 1 is 1.36 bits per heavy atom. The fourth-order valence-electron chi connectivity index (χ4n) is 2.47. The number of nitrogens with zero attached hydrogens (tertiary/aromatic N) is 1. The van der Waals surface area contributed by atoms with Crippen LogP contribution >= 0.6 is 0 Å². The molecule has 1 amide bonds. The maximum atomic E-state index is 12.0. The zero-order valence-corrected chi connectivity index (χ0v) is 9.34. The molecule has 0 aromatic heterocycles. The Morgan fingerprint density at radius 2 is 2.07 bits per heavy atom. The van der Waals surface area contributed by atoms with Gasteiger partial charge in [-0.15, -0.1) is 0 Å². The lowest BCUT2D eigenvalue weighted by molar-refractivity contribution is -0.141. The van der Waals surface area contributed by atoms with Gasteiger partial charge in [-0.05, 0) is 12.3 Å². The molecule has 0 aromatic carbocycles. The van der Waals surface area contributed by atoms with Crippen LogP contribution in [0.3, 0.4) is 0 Å². The minimum Gasteiger partial charge on any atom is -0.340 e. The minimum absolute atomic E-state index is 0.225. The summed E-state index contributed by atoms with van der Waals surface area (Å²) in [6, 6.07) is 0.556. The SMILES string of the molecule is CC(C)(C)C(=O)N1CC2CNC(C2)C1. The number of fused-ring (bicyclic) bond motifs is 2. The smallest absolute Gasteiger partial charge is 0.228 e. The molecular weight excluding hydrogens is 176 g/mol. The molecule has 2 fully saturated rings. The average molecular weight is 196 g/mol. The molecule has 0 saturated carbocycles. The van der Waals surface area contributed by atoms with E-state index >= 15 is 0 Å². The second kappa shape index (κ2) is 3.23. The van der Waals surface area contributed by atoms with Gasteiger partial charge in [0.15, 0.2) is 0 Å². The molecule has 0 aliphatic carbocycles. The number of amides is 1. The minimum atomic E-state index is -0.225. The molecule has 3 heteroatoms. The Hall–Kier alpha value is -0.570. The average Bonchev–Trinajstić information content (AvgIpc) is 2.42. The summed E-state index contributed by atoms with van der Waals surface area (Å²) in [5.74, 6) is 0.996. The number of hydrogen-bond acceptors (Lipinski definition) is 2. The lowest BCUT2D eigenvalue weighted by Gasteiger charge is -2.35. The highest BCUT2D eigenvalue weighted by Gasteiger charge is 2.37. The fourth-order valence-corrected chi connectivity index (χ4v) is 2.47. The lowest BCUT2D eigenvalue weighted by Crippen LogP contribution is -2.48. The molecule has 2 aliphatic heterocycles. The van der Waals surface area contributed by atoms with E-state index < -0.39 is 0 Å². The Kier molecular flexibility index (Phi) is 2.30. The van der Waals surface area contributed by atoms with Crippen LogP contribution < -0.4 is 5.32 Å². The molecule has 3 nitrogen and oxygen atoms in total. The van der Waals surface area contributed by atoms with E-state index in [1.54, 1.807) is 0 Å². The van der Waals surface area contributed by atoms with Crippen LogP contribution in [-0.2, 0) is 4.79 Å². The molecule has 2 rings (SSSR count). The maximum absolute atomic E-state index is 12.0.